The van der Waals surface area contributed by atoms with Crippen molar-refractivity contribution in [2.45, 2.75) is 25.7 Å². The molecule has 0 spiro atoms. The van der Waals surface area contributed by atoms with Crippen molar-refractivity contribution in [3.63, 3.8) is 0 Å². The van der Waals surface area contributed by atoms with E-state index in [1.54, 1.807) is 0 Å². The number of H-pyrrole nitrogens is 2. The first-order chi connectivity index (χ1) is 25.4. The number of hydrogen-bond donors (Lipinski definition) is 3. The molecule has 3 aromatic heterocycles. The van der Waals surface area contributed by atoms with Crippen LogP contribution in [0.4, 0.5) is 0 Å². The van der Waals surface area contributed by atoms with Gasteiger partial charge in [-0.3, -0.25) is 0 Å². The van der Waals surface area contributed by atoms with Crippen LogP contribution in [0.15, 0.2) is 126 Å². The molecule has 0 aliphatic carbocycles. The molecule has 52 heavy (non-hydrogen) atoms. The molecule has 2 aliphatic heterocycles. The number of benzene rings is 4. The lowest BCUT2D eigenvalue weighted by Crippen LogP contribution is -1.90. The summed E-state index contributed by atoms with van der Waals surface area (Å²) < 4.78 is 0. The summed E-state index contributed by atoms with van der Waals surface area (Å²) in [5.41, 5.74) is 19.6. The lowest BCUT2D eigenvalue weighted by atomic mass is 10.0. The minimum atomic E-state index is 0.885. The number of thiol groups is 1. The molecule has 0 unspecified atom stereocenters. The predicted molar refractivity (Wildman–Crippen MR) is 222 cm³/mol. The molecule has 0 amide bonds. The number of nitrogens with one attached hydrogen (secondary N) is 2. The first kappa shape index (κ1) is 31.8. The number of aromatic amines is 2. The summed E-state index contributed by atoms with van der Waals surface area (Å²) in [6.07, 6.45) is 8.56. The van der Waals surface area contributed by atoms with Gasteiger partial charge in [-0.05, 0) is 104 Å². The Balaban J connectivity index is 1.47. The highest BCUT2D eigenvalue weighted by Gasteiger charge is 2.19. The maximum Gasteiger partial charge on any atom is 0.0737 e. The van der Waals surface area contributed by atoms with E-state index in [0.29, 0.717) is 0 Å². The first-order valence-corrected chi connectivity index (χ1v) is 18.0. The van der Waals surface area contributed by atoms with Crippen LogP contribution in [0.5, 0.6) is 0 Å². The van der Waals surface area contributed by atoms with E-state index in [-0.39, 0.29) is 0 Å². The van der Waals surface area contributed by atoms with E-state index < -0.39 is 0 Å². The van der Waals surface area contributed by atoms with Crippen molar-refractivity contribution >= 4 is 59.0 Å². The Kier molecular flexibility index (Phi) is 7.86. The standard InChI is InChI=1S/C47H36N4S/c1-28-4-10-31(11-5-28)44-36-20-22-38(48-36)45(32-12-6-29(2)7-13-32)40-24-26-42(50-40)47(34-16-18-35(52)19-17-34)43-27-25-41(51-43)46(39-23-21-37(44)49-39)33-14-8-30(3)9-15-33/h4-27,48,51-52H,1-3H3. The molecular weight excluding hydrogens is 653 g/mol. The Morgan fingerprint density at radius 2 is 0.596 bits per heavy atom. The topological polar surface area (TPSA) is 57.4 Å². The Morgan fingerprint density at radius 3 is 0.865 bits per heavy atom. The van der Waals surface area contributed by atoms with E-state index in [2.05, 4.69) is 177 Å². The van der Waals surface area contributed by atoms with Gasteiger partial charge in [0.2, 0.25) is 0 Å². The fourth-order valence-corrected chi connectivity index (χ4v) is 7.36. The van der Waals surface area contributed by atoms with Crippen LogP contribution in [-0.4, -0.2) is 19.9 Å². The van der Waals surface area contributed by atoms with Crippen LogP contribution in [0.1, 0.15) is 39.5 Å². The Hall–Kier alpha value is -6.17. The number of nitrogens with zero attached hydrogens (tertiary/aromatic N) is 2. The zero-order valence-electron chi connectivity index (χ0n) is 29.2. The van der Waals surface area contributed by atoms with Crippen LogP contribution in [-0.2, 0) is 0 Å². The largest absolute Gasteiger partial charge is 0.354 e. The molecule has 250 valence electrons. The Labute approximate surface area is 308 Å². The highest BCUT2D eigenvalue weighted by Crippen LogP contribution is 2.38. The molecule has 5 heterocycles. The molecule has 7 aromatic rings. The van der Waals surface area contributed by atoms with E-state index in [1.165, 1.54) is 16.7 Å². The van der Waals surface area contributed by atoms with Crippen LogP contribution < -0.4 is 0 Å². The van der Waals surface area contributed by atoms with Crippen molar-refractivity contribution in [1.29, 1.82) is 0 Å². The van der Waals surface area contributed by atoms with Crippen molar-refractivity contribution in [1.82, 2.24) is 19.9 Å². The quantitative estimate of drug-likeness (QED) is 0.161. The summed E-state index contributed by atoms with van der Waals surface area (Å²) in [5, 5.41) is 0. The van der Waals surface area contributed by atoms with Gasteiger partial charge in [-0.25, -0.2) is 9.97 Å². The van der Waals surface area contributed by atoms with Crippen LogP contribution in [0.25, 0.3) is 90.9 Å². The third kappa shape index (κ3) is 5.79. The van der Waals surface area contributed by atoms with E-state index in [0.717, 1.165) is 94.2 Å². The highest BCUT2D eigenvalue weighted by atomic mass is 32.1. The molecule has 2 aliphatic rings. The molecule has 0 fully saturated rings. The molecule has 8 bridgehead atoms. The van der Waals surface area contributed by atoms with Gasteiger partial charge in [0.05, 0.1) is 22.8 Å². The zero-order valence-corrected chi connectivity index (χ0v) is 30.1. The molecule has 5 heteroatoms. The maximum atomic E-state index is 5.40. The first-order valence-electron chi connectivity index (χ1n) is 17.5. The molecule has 0 radical (unpaired) electrons. The second-order valence-electron chi connectivity index (χ2n) is 13.6. The van der Waals surface area contributed by atoms with Gasteiger partial charge in [0.1, 0.15) is 0 Å². The summed E-state index contributed by atoms with van der Waals surface area (Å²) in [7, 11) is 0. The van der Waals surface area contributed by atoms with E-state index in [9.17, 15) is 0 Å². The molecule has 9 rings (SSSR count). The molecule has 2 N–H and O–H groups in total. The Bertz CT molecular complexity index is 2350. The van der Waals surface area contributed by atoms with Gasteiger partial charge in [0.15, 0.2) is 0 Å². The van der Waals surface area contributed by atoms with Crippen molar-refractivity contribution in [3.8, 4) is 44.5 Å². The van der Waals surface area contributed by atoms with Gasteiger partial charge < -0.3 is 9.97 Å². The number of rotatable bonds is 4. The fourth-order valence-electron chi connectivity index (χ4n) is 7.21. The van der Waals surface area contributed by atoms with Crippen molar-refractivity contribution < 1.29 is 0 Å². The van der Waals surface area contributed by atoms with E-state index in [4.69, 9.17) is 9.97 Å². The fraction of sp³-hybridized carbons (Fsp3) is 0.0638. The van der Waals surface area contributed by atoms with E-state index >= 15 is 0 Å². The third-order valence-corrected chi connectivity index (χ3v) is 10.2. The minimum absolute atomic E-state index is 0.885. The number of aromatic nitrogens is 4. The van der Waals surface area contributed by atoms with Crippen molar-refractivity contribution in [3.05, 3.63) is 161 Å². The van der Waals surface area contributed by atoms with Gasteiger partial charge in [-0.15, -0.1) is 12.6 Å². The molecule has 0 atom stereocenters. The minimum Gasteiger partial charge on any atom is -0.354 e. The average molecular weight is 689 g/mol. The summed E-state index contributed by atoms with van der Waals surface area (Å²) in [6, 6.07) is 43.0. The SMILES string of the molecule is Cc1ccc(-c2c3nc(c(-c4ccc(C)cc4)c4ccc([nH]4)c(-c4ccc(S)cc4)c4nc(c(-c5ccc(C)cc5)c5ccc2[nH]5)C=C4)C=C3)cc1. The monoisotopic (exact) mass is 688 g/mol. The number of aryl methyl sites for hydroxylation is 3. The molecule has 0 saturated heterocycles. The average Bonchev–Trinajstić information content (AvgIpc) is 3.99. The smallest absolute Gasteiger partial charge is 0.0737 e. The van der Waals surface area contributed by atoms with Gasteiger partial charge in [0, 0.05) is 49.2 Å². The number of fused-ring (bicyclic) bond motifs is 8. The summed E-state index contributed by atoms with van der Waals surface area (Å²) in [6.45, 7) is 6.36. The van der Waals surface area contributed by atoms with Crippen LogP contribution in [0, 0.1) is 20.8 Å². The lowest BCUT2D eigenvalue weighted by molar-refractivity contribution is 1.31. The summed E-state index contributed by atoms with van der Waals surface area (Å²) in [5.74, 6) is 0. The second kappa shape index (κ2) is 12.9. The summed E-state index contributed by atoms with van der Waals surface area (Å²) in [4.78, 5) is 19.4. The highest BCUT2D eigenvalue weighted by molar-refractivity contribution is 7.80. The van der Waals surface area contributed by atoms with Crippen LogP contribution in [0.3, 0.4) is 0 Å². The van der Waals surface area contributed by atoms with Crippen molar-refractivity contribution in [2.24, 2.45) is 0 Å². The zero-order chi connectivity index (χ0) is 35.3. The Morgan fingerprint density at radius 1 is 0.346 bits per heavy atom. The summed E-state index contributed by atoms with van der Waals surface area (Å²) >= 11 is 4.60. The van der Waals surface area contributed by atoms with Crippen molar-refractivity contribution in [2.75, 3.05) is 0 Å². The predicted octanol–water partition coefficient (Wildman–Crippen LogP) is 12.5. The molecule has 0 saturated carbocycles. The van der Waals surface area contributed by atoms with Gasteiger partial charge >= 0.3 is 0 Å². The lowest BCUT2D eigenvalue weighted by Gasteiger charge is -2.07. The second-order valence-corrected chi connectivity index (χ2v) is 14.2. The van der Waals surface area contributed by atoms with Gasteiger partial charge in [-0.1, -0.05) is 102 Å². The van der Waals surface area contributed by atoms with Crippen LogP contribution >= 0.6 is 12.6 Å². The third-order valence-electron chi connectivity index (χ3n) is 9.93. The number of hydrogen-bond acceptors (Lipinski definition) is 3. The van der Waals surface area contributed by atoms with Gasteiger partial charge in [-0.2, -0.15) is 0 Å². The molecule has 4 aromatic carbocycles. The van der Waals surface area contributed by atoms with Gasteiger partial charge in [0.25, 0.3) is 0 Å². The molecular formula is C47H36N4S. The van der Waals surface area contributed by atoms with E-state index in [1.807, 2.05) is 12.1 Å². The molecule has 4 nitrogen and oxygen atoms in total. The van der Waals surface area contributed by atoms with Crippen LogP contribution in [0.2, 0.25) is 0 Å². The maximum absolute atomic E-state index is 5.40. The normalized spacial score (nSPS) is 12.1.